The number of fused-ring (bicyclic) bond motifs is 6. The standard InChI is InChI=1S/C41H30N2/c1-43-40(29-15-6-3-7-16-29)27-39(28-13-4-2-5-14-28)42-41(43)32-18-12-17-30(25-32)31-23-24-37-35-21-9-8-19-33(35)34-20-10-11-22-36(34)38(37)26-31/h2-27,40H,1H3. The fourth-order valence-corrected chi connectivity index (χ4v) is 6.56. The summed E-state index contributed by atoms with van der Waals surface area (Å²) < 4.78 is 0. The second kappa shape index (κ2) is 10.4. The van der Waals surface area contributed by atoms with Crippen LogP contribution >= 0.6 is 0 Å². The lowest BCUT2D eigenvalue weighted by molar-refractivity contribution is 0.435. The number of hydrogen-bond acceptors (Lipinski definition) is 2. The Labute approximate surface area is 251 Å². The van der Waals surface area contributed by atoms with Crippen molar-refractivity contribution in [1.29, 1.82) is 0 Å². The topological polar surface area (TPSA) is 15.6 Å². The van der Waals surface area contributed by atoms with E-state index in [2.05, 4.69) is 170 Å². The average molecular weight is 551 g/mol. The molecule has 1 heterocycles. The summed E-state index contributed by atoms with van der Waals surface area (Å²) in [6.07, 6.45) is 2.27. The van der Waals surface area contributed by atoms with Crippen molar-refractivity contribution in [1.82, 2.24) is 4.90 Å². The monoisotopic (exact) mass is 550 g/mol. The van der Waals surface area contributed by atoms with E-state index in [0.717, 1.165) is 22.7 Å². The zero-order valence-corrected chi connectivity index (χ0v) is 24.0. The Morgan fingerprint density at radius 2 is 0.953 bits per heavy atom. The second-order valence-electron chi connectivity index (χ2n) is 11.3. The van der Waals surface area contributed by atoms with Crippen LogP contribution in [0.1, 0.15) is 22.7 Å². The molecule has 0 saturated heterocycles. The molecule has 1 unspecified atom stereocenters. The molecule has 8 rings (SSSR count). The van der Waals surface area contributed by atoms with E-state index in [1.54, 1.807) is 0 Å². The van der Waals surface area contributed by atoms with Crippen molar-refractivity contribution in [2.75, 3.05) is 7.05 Å². The third kappa shape index (κ3) is 4.40. The molecule has 7 aromatic rings. The Bertz CT molecular complexity index is 2160. The van der Waals surface area contributed by atoms with Gasteiger partial charge in [-0.05, 0) is 72.8 Å². The molecular formula is C41H30N2. The lowest BCUT2D eigenvalue weighted by Gasteiger charge is -2.33. The predicted molar refractivity (Wildman–Crippen MR) is 182 cm³/mol. The molecule has 43 heavy (non-hydrogen) atoms. The van der Waals surface area contributed by atoms with Gasteiger partial charge in [0.2, 0.25) is 0 Å². The first-order chi connectivity index (χ1) is 21.2. The Hall–Kier alpha value is -5.47. The minimum absolute atomic E-state index is 0.0767. The van der Waals surface area contributed by atoms with Gasteiger partial charge in [-0.3, -0.25) is 0 Å². The molecule has 204 valence electrons. The molecule has 1 atom stereocenters. The maximum atomic E-state index is 5.24. The number of rotatable bonds is 4. The molecule has 0 amide bonds. The molecule has 0 N–H and O–H groups in total. The molecule has 0 fully saturated rings. The van der Waals surface area contributed by atoms with Crippen LogP contribution in [0.4, 0.5) is 0 Å². The van der Waals surface area contributed by atoms with Crippen LogP contribution in [0, 0.1) is 0 Å². The van der Waals surface area contributed by atoms with Crippen LogP contribution < -0.4 is 0 Å². The first-order valence-corrected chi connectivity index (χ1v) is 14.8. The van der Waals surface area contributed by atoms with Crippen molar-refractivity contribution < 1.29 is 0 Å². The molecule has 2 heteroatoms. The van der Waals surface area contributed by atoms with Gasteiger partial charge in [-0.2, -0.15) is 0 Å². The van der Waals surface area contributed by atoms with Crippen molar-refractivity contribution in [3.8, 4) is 11.1 Å². The van der Waals surface area contributed by atoms with Gasteiger partial charge in [0.25, 0.3) is 0 Å². The van der Waals surface area contributed by atoms with Crippen molar-refractivity contribution >= 4 is 43.9 Å². The first-order valence-electron chi connectivity index (χ1n) is 14.8. The minimum Gasteiger partial charge on any atom is -0.349 e. The average Bonchev–Trinajstić information content (AvgIpc) is 3.09. The maximum Gasteiger partial charge on any atom is 0.137 e. The van der Waals surface area contributed by atoms with Gasteiger partial charge >= 0.3 is 0 Å². The summed E-state index contributed by atoms with van der Waals surface area (Å²) in [4.78, 5) is 7.54. The number of hydrogen-bond donors (Lipinski definition) is 0. The molecule has 0 aromatic heterocycles. The Balaban J connectivity index is 1.27. The van der Waals surface area contributed by atoms with Gasteiger partial charge in [-0.15, -0.1) is 0 Å². The third-order valence-electron chi connectivity index (χ3n) is 8.70. The van der Waals surface area contributed by atoms with Gasteiger partial charge in [0.1, 0.15) is 5.84 Å². The maximum absolute atomic E-state index is 5.24. The van der Waals surface area contributed by atoms with Crippen LogP contribution in [0.3, 0.4) is 0 Å². The Morgan fingerprint density at radius 1 is 0.442 bits per heavy atom. The zero-order chi connectivity index (χ0) is 28.8. The summed E-state index contributed by atoms with van der Waals surface area (Å²) in [6.45, 7) is 0. The normalized spacial score (nSPS) is 15.1. The van der Waals surface area contributed by atoms with Gasteiger partial charge in [0.05, 0.1) is 11.7 Å². The summed E-state index contributed by atoms with van der Waals surface area (Å²) in [6, 6.07) is 54.5. The highest BCUT2D eigenvalue weighted by Gasteiger charge is 2.25. The second-order valence-corrected chi connectivity index (χ2v) is 11.3. The summed E-state index contributed by atoms with van der Waals surface area (Å²) in [5, 5.41) is 7.74. The smallest absolute Gasteiger partial charge is 0.137 e. The van der Waals surface area contributed by atoms with Crippen molar-refractivity contribution in [3.05, 3.63) is 174 Å². The van der Waals surface area contributed by atoms with Crippen LogP contribution in [0.2, 0.25) is 0 Å². The van der Waals surface area contributed by atoms with E-state index < -0.39 is 0 Å². The molecule has 0 aliphatic carbocycles. The van der Waals surface area contributed by atoms with E-state index in [9.17, 15) is 0 Å². The van der Waals surface area contributed by atoms with E-state index in [-0.39, 0.29) is 6.04 Å². The van der Waals surface area contributed by atoms with Crippen molar-refractivity contribution in [2.45, 2.75) is 6.04 Å². The highest BCUT2D eigenvalue weighted by atomic mass is 15.2. The highest BCUT2D eigenvalue weighted by molar-refractivity contribution is 6.25. The highest BCUT2D eigenvalue weighted by Crippen LogP contribution is 2.38. The fourth-order valence-electron chi connectivity index (χ4n) is 6.56. The molecule has 2 nitrogen and oxygen atoms in total. The zero-order valence-electron chi connectivity index (χ0n) is 24.0. The molecule has 1 aliphatic rings. The van der Waals surface area contributed by atoms with Crippen LogP contribution in [0.25, 0.3) is 49.1 Å². The van der Waals surface area contributed by atoms with Gasteiger partial charge in [-0.25, -0.2) is 4.99 Å². The van der Waals surface area contributed by atoms with Gasteiger partial charge in [-0.1, -0.05) is 140 Å². The summed E-state index contributed by atoms with van der Waals surface area (Å²) >= 11 is 0. The molecule has 1 aliphatic heterocycles. The SMILES string of the molecule is CN1C(c2cccc(-c3ccc4c5ccccc5c5ccccc5c4c3)c2)=NC(c2ccccc2)=CC1c1ccccc1. The fraction of sp³-hybridized carbons (Fsp3) is 0.0488. The number of likely N-dealkylation sites (N-methyl/N-ethyl adjacent to an activating group) is 1. The van der Waals surface area contributed by atoms with E-state index in [1.165, 1.54) is 49.0 Å². The number of amidine groups is 1. The molecule has 0 radical (unpaired) electrons. The van der Waals surface area contributed by atoms with E-state index in [4.69, 9.17) is 4.99 Å². The third-order valence-corrected chi connectivity index (χ3v) is 8.70. The molecule has 7 aromatic carbocycles. The molecule has 0 spiro atoms. The molecule has 0 bridgehead atoms. The van der Waals surface area contributed by atoms with Crippen molar-refractivity contribution in [2.24, 2.45) is 4.99 Å². The van der Waals surface area contributed by atoms with Crippen LogP contribution in [-0.4, -0.2) is 17.8 Å². The van der Waals surface area contributed by atoms with E-state index in [1.807, 2.05) is 0 Å². The van der Waals surface area contributed by atoms with Crippen LogP contribution in [0.5, 0.6) is 0 Å². The Morgan fingerprint density at radius 3 is 1.63 bits per heavy atom. The largest absolute Gasteiger partial charge is 0.349 e. The number of benzene rings is 7. The summed E-state index contributed by atoms with van der Waals surface area (Å²) in [5.41, 5.74) is 6.85. The molecule has 0 saturated carbocycles. The van der Waals surface area contributed by atoms with Gasteiger partial charge in [0, 0.05) is 12.6 Å². The van der Waals surface area contributed by atoms with E-state index >= 15 is 0 Å². The van der Waals surface area contributed by atoms with Crippen molar-refractivity contribution in [3.63, 3.8) is 0 Å². The lowest BCUT2D eigenvalue weighted by atomic mass is 9.91. The Kier molecular flexibility index (Phi) is 6.12. The van der Waals surface area contributed by atoms with Crippen LogP contribution in [-0.2, 0) is 0 Å². The van der Waals surface area contributed by atoms with Gasteiger partial charge in [0.15, 0.2) is 0 Å². The summed E-state index contributed by atoms with van der Waals surface area (Å²) in [5.74, 6) is 0.967. The van der Waals surface area contributed by atoms with Crippen LogP contribution in [0.15, 0.2) is 163 Å². The van der Waals surface area contributed by atoms with Gasteiger partial charge < -0.3 is 4.90 Å². The molecular weight excluding hydrogens is 520 g/mol. The first kappa shape index (κ1) is 25.3. The quantitative estimate of drug-likeness (QED) is 0.199. The minimum atomic E-state index is 0.0767. The number of aliphatic imine (C=N–C) groups is 1. The lowest BCUT2D eigenvalue weighted by Crippen LogP contribution is -2.33. The van der Waals surface area contributed by atoms with E-state index in [0.29, 0.717) is 0 Å². The summed E-state index contributed by atoms with van der Waals surface area (Å²) in [7, 11) is 2.15. The number of nitrogens with zero attached hydrogens (tertiary/aromatic N) is 2. The predicted octanol–water partition coefficient (Wildman–Crippen LogP) is 10.3.